The molecule has 0 bridgehead atoms. The van der Waals surface area contributed by atoms with Crippen molar-refractivity contribution in [2.75, 3.05) is 13.1 Å². The fourth-order valence-electron chi connectivity index (χ4n) is 0.727. The summed E-state index contributed by atoms with van der Waals surface area (Å²) < 4.78 is 12.3. The second-order valence-corrected chi connectivity index (χ2v) is 1.80. The monoisotopic (exact) mass is 119 g/mol. The van der Waals surface area contributed by atoms with Gasteiger partial charge in [0, 0.05) is 0 Å². The van der Waals surface area contributed by atoms with Gasteiger partial charge in [0.05, 0.1) is 0 Å². The molecule has 2 heteroatoms. The number of hydrogen-bond donors (Lipinski definition) is 0. The number of hydrogen-bond acceptors (Lipinski definition) is 1. The molecule has 1 unspecified atom stereocenters. The Morgan fingerprint density at radius 2 is 1.75 bits per heavy atom. The second-order valence-electron chi connectivity index (χ2n) is 1.80. The van der Waals surface area contributed by atoms with Crippen molar-refractivity contribution in [1.29, 1.82) is 0 Å². The first kappa shape index (κ1) is 7.89. The number of nitrogens with zero attached hydrogens (tertiary/aromatic N) is 1. The van der Waals surface area contributed by atoms with Gasteiger partial charge in [-0.1, -0.05) is 13.8 Å². The summed E-state index contributed by atoms with van der Waals surface area (Å²) in [5.41, 5.74) is 0. The highest BCUT2D eigenvalue weighted by Gasteiger charge is 2.04. The van der Waals surface area contributed by atoms with Crippen LogP contribution in [-0.4, -0.2) is 24.3 Å². The minimum absolute atomic E-state index is 0.787. The third-order valence-electron chi connectivity index (χ3n) is 1.32. The van der Waals surface area contributed by atoms with Crippen LogP contribution in [0.3, 0.4) is 0 Å². The smallest absolute Gasteiger partial charge is 0.150 e. The van der Waals surface area contributed by atoms with Gasteiger partial charge in [-0.3, -0.25) is 4.90 Å². The van der Waals surface area contributed by atoms with Crippen LogP contribution in [0.5, 0.6) is 0 Å². The van der Waals surface area contributed by atoms with Crippen LogP contribution in [0.25, 0.3) is 0 Å². The fourth-order valence-corrected chi connectivity index (χ4v) is 0.727. The normalized spacial score (nSPS) is 14.6. The zero-order valence-electron chi connectivity index (χ0n) is 5.82. The predicted molar refractivity (Wildman–Crippen MR) is 33.5 cm³/mol. The van der Waals surface area contributed by atoms with Gasteiger partial charge in [-0.05, 0) is 20.0 Å². The van der Waals surface area contributed by atoms with Crippen molar-refractivity contribution in [3.05, 3.63) is 0 Å². The second kappa shape index (κ2) is 3.84. The highest BCUT2D eigenvalue weighted by Crippen LogP contribution is 1.96. The van der Waals surface area contributed by atoms with Crippen LogP contribution >= 0.6 is 0 Å². The third-order valence-corrected chi connectivity index (χ3v) is 1.32. The summed E-state index contributed by atoms with van der Waals surface area (Å²) in [6, 6.07) is 0. The minimum atomic E-state index is -0.787. The van der Waals surface area contributed by atoms with E-state index in [1.165, 1.54) is 0 Å². The summed E-state index contributed by atoms with van der Waals surface area (Å²) in [6.07, 6.45) is -0.787. The molecule has 0 heterocycles. The summed E-state index contributed by atoms with van der Waals surface area (Å²) in [4.78, 5) is 1.75. The van der Waals surface area contributed by atoms with E-state index in [0.29, 0.717) is 0 Å². The van der Waals surface area contributed by atoms with Gasteiger partial charge in [0.25, 0.3) is 0 Å². The molecule has 0 rings (SSSR count). The van der Waals surface area contributed by atoms with E-state index in [9.17, 15) is 4.39 Å². The topological polar surface area (TPSA) is 3.24 Å². The maximum Gasteiger partial charge on any atom is 0.150 e. The molecule has 0 aliphatic rings. The van der Waals surface area contributed by atoms with Gasteiger partial charge in [-0.2, -0.15) is 0 Å². The molecular formula is C6H14FN. The van der Waals surface area contributed by atoms with Gasteiger partial charge in [-0.25, -0.2) is 4.39 Å². The van der Waals surface area contributed by atoms with Crippen molar-refractivity contribution in [2.45, 2.75) is 27.1 Å². The Morgan fingerprint density at radius 1 is 1.38 bits per heavy atom. The van der Waals surface area contributed by atoms with Gasteiger partial charge in [0.1, 0.15) is 0 Å². The number of alkyl halides is 1. The van der Waals surface area contributed by atoms with Crippen LogP contribution < -0.4 is 0 Å². The van der Waals surface area contributed by atoms with E-state index in [1.807, 2.05) is 13.8 Å². The molecule has 0 aliphatic heterocycles. The SMILES string of the molecule is CCN(CC)C(C)F. The summed E-state index contributed by atoms with van der Waals surface area (Å²) in [5, 5.41) is 0. The molecule has 0 aromatic rings. The standard InChI is InChI=1S/C6H14FN/c1-4-8(5-2)6(3)7/h6H,4-5H2,1-3H3. The lowest BCUT2D eigenvalue weighted by Crippen LogP contribution is -2.28. The van der Waals surface area contributed by atoms with Crippen LogP contribution in [0.4, 0.5) is 4.39 Å². The van der Waals surface area contributed by atoms with E-state index in [-0.39, 0.29) is 0 Å². The van der Waals surface area contributed by atoms with Crippen molar-refractivity contribution in [3.63, 3.8) is 0 Å². The molecule has 0 saturated carbocycles. The van der Waals surface area contributed by atoms with E-state index in [2.05, 4.69) is 0 Å². The van der Waals surface area contributed by atoms with E-state index >= 15 is 0 Å². The zero-order chi connectivity index (χ0) is 6.57. The molecule has 0 aromatic heterocycles. The van der Waals surface area contributed by atoms with Crippen molar-refractivity contribution < 1.29 is 4.39 Å². The first-order chi connectivity index (χ1) is 3.72. The summed E-state index contributed by atoms with van der Waals surface area (Å²) in [6.45, 7) is 7.08. The minimum Gasteiger partial charge on any atom is -0.275 e. The van der Waals surface area contributed by atoms with E-state index in [4.69, 9.17) is 0 Å². The Labute approximate surface area is 50.5 Å². The van der Waals surface area contributed by atoms with Crippen molar-refractivity contribution >= 4 is 0 Å². The van der Waals surface area contributed by atoms with Crippen molar-refractivity contribution in [2.24, 2.45) is 0 Å². The molecule has 1 atom stereocenters. The molecule has 1 nitrogen and oxygen atoms in total. The molecular weight excluding hydrogens is 105 g/mol. The Hall–Kier alpha value is -0.110. The van der Waals surface area contributed by atoms with Crippen molar-refractivity contribution in [1.82, 2.24) is 4.90 Å². The number of halogens is 1. The summed E-state index contributed by atoms with van der Waals surface area (Å²) >= 11 is 0. The van der Waals surface area contributed by atoms with Crippen LogP contribution in [0, 0.1) is 0 Å². The maximum absolute atomic E-state index is 12.3. The highest BCUT2D eigenvalue weighted by atomic mass is 19.1. The first-order valence-electron chi connectivity index (χ1n) is 3.10. The lowest BCUT2D eigenvalue weighted by atomic mass is 10.5. The molecule has 0 fully saturated rings. The molecule has 0 amide bonds. The molecule has 0 aliphatic carbocycles. The predicted octanol–water partition coefficient (Wildman–Crippen LogP) is 1.64. The van der Waals surface area contributed by atoms with Crippen LogP contribution in [-0.2, 0) is 0 Å². The summed E-state index contributed by atoms with van der Waals surface area (Å²) in [5.74, 6) is 0. The largest absolute Gasteiger partial charge is 0.275 e. The first-order valence-corrected chi connectivity index (χ1v) is 3.10. The van der Waals surface area contributed by atoms with Gasteiger partial charge < -0.3 is 0 Å². The zero-order valence-corrected chi connectivity index (χ0v) is 5.82. The quantitative estimate of drug-likeness (QED) is 0.510. The lowest BCUT2D eigenvalue weighted by Gasteiger charge is -2.18. The van der Waals surface area contributed by atoms with E-state index in [1.54, 1.807) is 11.8 Å². The third kappa shape index (κ3) is 2.26. The molecule has 0 saturated heterocycles. The Bertz CT molecular complexity index is 50.5. The van der Waals surface area contributed by atoms with Gasteiger partial charge in [-0.15, -0.1) is 0 Å². The lowest BCUT2D eigenvalue weighted by molar-refractivity contribution is 0.110. The average molecular weight is 119 g/mol. The summed E-state index contributed by atoms with van der Waals surface area (Å²) in [7, 11) is 0. The highest BCUT2D eigenvalue weighted by molar-refractivity contribution is 4.50. The molecule has 0 N–H and O–H groups in total. The molecule has 0 radical (unpaired) electrons. The molecule has 0 spiro atoms. The van der Waals surface area contributed by atoms with Gasteiger partial charge in [0.15, 0.2) is 6.30 Å². The number of rotatable bonds is 3. The molecule has 8 heavy (non-hydrogen) atoms. The molecule has 0 aromatic carbocycles. The van der Waals surface area contributed by atoms with E-state index in [0.717, 1.165) is 13.1 Å². The Kier molecular flexibility index (Phi) is 3.79. The van der Waals surface area contributed by atoms with E-state index < -0.39 is 6.30 Å². The van der Waals surface area contributed by atoms with Gasteiger partial charge in [0.2, 0.25) is 0 Å². The average Bonchev–Trinajstić information content (AvgIpc) is 1.69. The van der Waals surface area contributed by atoms with Crippen LogP contribution in [0.15, 0.2) is 0 Å². The fraction of sp³-hybridized carbons (Fsp3) is 1.00. The van der Waals surface area contributed by atoms with Crippen LogP contribution in [0.1, 0.15) is 20.8 Å². The van der Waals surface area contributed by atoms with Crippen LogP contribution in [0.2, 0.25) is 0 Å². The Balaban J connectivity index is 3.35. The molecule has 50 valence electrons. The Morgan fingerprint density at radius 3 is 1.75 bits per heavy atom. The van der Waals surface area contributed by atoms with Crippen molar-refractivity contribution in [3.8, 4) is 0 Å². The van der Waals surface area contributed by atoms with Gasteiger partial charge >= 0.3 is 0 Å². The maximum atomic E-state index is 12.3.